The molecule has 2 aliphatic rings. The zero-order valence-corrected chi connectivity index (χ0v) is 30.6. The van der Waals surface area contributed by atoms with Gasteiger partial charge in [0.15, 0.2) is 0 Å². The van der Waals surface area contributed by atoms with E-state index in [-0.39, 0.29) is 21.7 Å². The molecule has 0 bridgehead atoms. The molecule has 4 nitrogen and oxygen atoms in total. The maximum Gasteiger partial charge on any atom is 0.136 e. The van der Waals surface area contributed by atoms with Gasteiger partial charge in [0.05, 0.1) is 11.4 Å². The predicted molar refractivity (Wildman–Crippen MR) is 210 cm³/mol. The summed E-state index contributed by atoms with van der Waals surface area (Å²) >= 11 is 1.59. The van der Waals surface area contributed by atoms with Crippen LogP contribution in [0.4, 0.5) is 10.0 Å². The van der Waals surface area contributed by atoms with Crippen LogP contribution in [0.5, 0.6) is 0 Å². The molecule has 0 N–H and O–H groups in total. The fourth-order valence-corrected chi connectivity index (χ4v) is 7.40. The normalized spacial score (nSPS) is 20.4. The summed E-state index contributed by atoms with van der Waals surface area (Å²) in [6.07, 6.45) is 0. The highest BCUT2D eigenvalue weighted by molar-refractivity contribution is 7.19. The Morgan fingerprint density at radius 2 is 0.673 bits per heavy atom. The number of nitrogens with zero attached hydrogens (tertiary/aromatic N) is 4. The van der Waals surface area contributed by atoms with Gasteiger partial charge in [0.1, 0.15) is 21.7 Å². The molecule has 2 aliphatic heterocycles. The van der Waals surface area contributed by atoms with Crippen molar-refractivity contribution in [3.63, 3.8) is 0 Å². The molecule has 246 valence electrons. The summed E-state index contributed by atoms with van der Waals surface area (Å²) in [6.45, 7) is 18.1. The zero-order valence-electron chi connectivity index (χ0n) is 29.7. The molecule has 0 fully saturated rings. The number of benzene rings is 4. The summed E-state index contributed by atoms with van der Waals surface area (Å²) in [5, 5.41) is 1.80. The van der Waals surface area contributed by atoms with Crippen LogP contribution in [0.1, 0.15) is 66.5 Å². The SMILES string of the molecule is CC1(C)C(c2ccc(-c3ccccc3)cc2)=N/C(=N\c2ccc(/N=C3/N=C(c4ccc(-c5ccccc5)cc4)C(C)(C)C3(C)C)s2)C1(C)C. The topological polar surface area (TPSA) is 49.4 Å². The third kappa shape index (κ3) is 5.64. The lowest BCUT2D eigenvalue weighted by molar-refractivity contribution is 0.299. The molecule has 0 spiro atoms. The maximum absolute atomic E-state index is 5.20. The van der Waals surface area contributed by atoms with Crippen molar-refractivity contribution in [1.82, 2.24) is 0 Å². The van der Waals surface area contributed by atoms with Crippen molar-refractivity contribution < 1.29 is 0 Å². The second-order valence-corrected chi connectivity index (χ2v) is 16.3. The van der Waals surface area contributed by atoms with Crippen molar-refractivity contribution in [2.24, 2.45) is 41.6 Å². The van der Waals surface area contributed by atoms with Crippen LogP contribution in [0.25, 0.3) is 22.3 Å². The van der Waals surface area contributed by atoms with E-state index in [2.05, 4.69) is 165 Å². The van der Waals surface area contributed by atoms with Crippen LogP contribution in [-0.4, -0.2) is 23.1 Å². The van der Waals surface area contributed by atoms with Gasteiger partial charge in [-0.3, -0.25) is 0 Å². The van der Waals surface area contributed by atoms with Gasteiger partial charge in [-0.1, -0.05) is 176 Å². The molecule has 49 heavy (non-hydrogen) atoms. The average molecular weight is 661 g/mol. The Morgan fingerprint density at radius 1 is 0.367 bits per heavy atom. The van der Waals surface area contributed by atoms with E-state index in [4.69, 9.17) is 20.0 Å². The Hall–Kier alpha value is -4.74. The summed E-state index contributed by atoms with van der Waals surface area (Å²) in [4.78, 5) is 20.7. The minimum absolute atomic E-state index is 0.204. The van der Waals surface area contributed by atoms with Gasteiger partial charge < -0.3 is 0 Å². The number of amidine groups is 2. The Balaban J connectivity index is 1.17. The van der Waals surface area contributed by atoms with E-state index in [0.717, 1.165) is 44.2 Å². The molecule has 7 rings (SSSR count). The molecule has 5 heteroatoms. The van der Waals surface area contributed by atoms with E-state index in [0.29, 0.717) is 0 Å². The summed E-state index contributed by atoms with van der Waals surface area (Å²) in [5.74, 6) is 1.70. The van der Waals surface area contributed by atoms with E-state index in [9.17, 15) is 0 Å². The van der Waals surface area contributed by atoms with Gasteiger partial charge in [0, 0.05) is 21.7 Å². The quantitative estimate of drug-likeness (QED) is 0.174. The highest BCUT2D eigenvalue weighted by Crippen LogP contribution is 2.51. The van der Waals surface area contributed by atoms with Crippen molar-refractivity contribution in [2.75, 3.05) is 0 Å². The van der Waals surface area contributed by atoms with Gasteiger partial charge in [-0.15, -0.1) is 0 Å². The Labute approximate surface area is 295 Å². The van der Waals surface area contributed by atoms with Crippen molar-refractivity contribution in [3.05, 3.63) is 132 Å². The molecule has 0 atom stereocenters. The number of hydrogen-bond donors (Lipinski definition) is 0. The predicted octanol–water partition coefficient (Wildman–Crippen LogP) is 12.3. The Bertz CT molecular complexity index is 1970. The van der Waals surface area contributed by atoms with Gasteiger partial charge in [-0.2, -0.15) is 0 Å². The van der Waals surface area contributed by atoms with Crippen molar-refractivity contribution in [3.8, 4) is 22.3 Å². The number of hydrogen-bond acceptors (Lipinski definition) is 3. The Kier molecular flexibility index (Phi) is 8.03. The van der Waals surface area contributed by atoms with Gasteiger partial charge in [0.25, 0.3) is 0 Å². The largest absolute Gasteiger partial charge is 0.236 e. The summed E-state index contributed by atoms with van der Waals surface area (Å²) < 4.78 is 0. The second kappa shape index (κ2) is 12.0. The monoisotopic (exact) mass is 660 g/mol. The first-order valence-corrected chi connectivity index (χ1v) is 17.9. The minimum atomic E-state index is -0.261. The highest BCUT2D eigenvalue weighted by atomic mass is 32.1. The first-order valence-electron chi connectivity index (χ1n) is 17.1. The smallest absolute Gasteiger partial charge is 0.136 e. The van der Waals surface area contributed by atoms with Gasteiger partial charge in [0.2, 0.25) is 0 Å². The van der Waals surface area contributed by atoms with Crippen molar-refractivity contribution >= 4 is 44.4 Å². The molecule has 0 aliphatic carbocycles. The lowest BCUT2D eigenvalue weighted by atomic mass is 9.65. The molecule has 0 amide bonds. The van der Waals surface area contributed by atoms with E-state index < -0.39 is 0 Å². The van der Waals surface area contributed by atoms with Crippen LogP contribution < -0.4 is 0 Å². The summed E-state index contributed by atoms with van der Waals surface area (Å²) in [5.41, 5.74) is 8.31. The van der Waals surface area contributed by atoms with Crippen molar-refractivity contribution in [1.29, 1.82) is 0 Å². The average Bonchev–Trinajstić information content (AvgIpc) is 3.67. The standard InChI is InChI=1S/C44H44N4S/c1-41(2)37(33-23-19-31(20-24-33)29-15-11-9-12-16-29)47-39(43(41,5)6)45-35-27-28-36(49-35)46-40-44(7,8)42(3,4)38(48-40)34-25-21-32(22-26-34)30-17-13-10-14-18-30/h9-28H,1-8H3/b45-39-,46-40+. The highest BCUT2D eigenvalue weighted by Gasteiger charge is 2.51. The lowest BCUT2D eigenvalue weighted by Gasteiger charge is -2.35. The van der Waals surface area contributed by atoms with Crippen LogP contribution in [0.3, 0.4) is 0 Å². The fourth-order valence-electron chi connectivity index (χ4n) is 6.65. The maximum atomic E-state index is 5.20. The summed E-state index contributed by atoms with van der Waals surface area (Å²) in [6, 6.07) is 42.6. The number of thiophene rings is 1. The first-order chi connectivity index (χ1) is 23.3. The summed E-state index contributed by atoms with van der Waals surface area (Å²) in [7, 11) is 0. The Morgan fingerprint density at radius 3 is 1.02 bits per heavy atom. The van der Waals surface area contributed by atoms with Crippen LogP contribution in [-0.2, 0) is 0 Å². The van der Waals surface area contributed by atoms with Gasteiger partial charge in [-0.25, -0.2) is 20.0 Å². The van der Waals surface area contributed by atoms with Crippen LogP contribution in [0.15, 0.2) is 141 Å². The first kappa shape index (κ1) is 32.8. The third-order valence-corrected chi connectivity index (χ3v) is 12.3. The number of rotatable bonds is 6. The van der Waals surface area contributed by atoms with E-state index >= 15 is 0 Å². The third-order valence-electron chi connectivity index (χ3n) is 11.4. The molecular weight excluding hydrogens is 617 g/mol. The van der Waals surface area contributed by atoms with Gasteiger partial charge in [-0.05, 0) is 45.5 Å². The van der Waals surface area contributed by atoms with E-state index in [1.807, 2.05) is 12.1 Å². The second-order valence-electron chi connectivity index (χ2n) is 15.3. The fraction of sp³-hybridized carbons (Fsp3) is 0.273. The molecule has 0 saturated heterocycles. The zero-order chi connectivity index (χ0) is 34.6. The molecule has 4 aromatic carbocycles. The van der Waals surface area contributed by atoms with Crippen LogP contribution in [0, 0.1) is 21.7 Å². The number of aliphatic imine (C=N–C) groups is 4. The van der Waals surface area contributed by atoms with Gasteiger partial charge >= 0.3 is 0 Å². The molecule has 1 aromatic heterocycles. The van der Waals surface area contributed by atoms with E-state index in [1.54, 1.807) is 11.3 Å². The molecule has 0 radical (unpaired) electrons. The van der Waals surface area contributed by atoms with Crippen LogP contribution >= 0.6 is 11.3 Å². The van der Waals surface area contributed by atoms with Crippen LogP contribution in [0.2, 0.25) is 0 Å². The molecule has 3 heterocycles. The van der Waals surface area contributed by atoms with Crippen molar-refractivity contribution in [2.45, 2.75) is 55.4 Å². The molecular formula is C44H44N4S. The lowest BCUT2D eigenvalue weighted by Crippen LogP contribution is -2.38. The minimum Gasteiger partial charge on any atom is -0.236 e. The van der Waals surface area contributed by atoms with E-state index in [1.165, 1.54) is 22.3 Å². The molecule has 5 aromatic rings. The molecule has 0 saturated carbocycles. The molecule has 0 unspecified atom stereocenters.